The van der Waals surface area contributed by atoms with E-state index in [0.29, 0.717) is 5.92 Å². The van der Waals surface area contributed by atoms with Crippen LogP contribution in [0.5, 0.6) is 0 Å². The van der Waals surface area contributed by atoms with E-state index in [-0.39, 0.29) is 0 Å². The van der Waals surface area contributed by atoms with Crippen LogP contribution < -0.4 is 5.32 Å². The number of benzene rings is 4. The molecular formula is C30H24N2. The highest BCUT2D eigenvalue weighted by Gasteiger charge is 2.16. The Bertz CT molecular complexity index is 1460. The number of hydrogen-bond donors (Lipinski definition) is 1. The fraction of sp³-hybridized carbons (Fsp3) is 0.0667. The summed E-state index contributed by atoms with van der Waals surface area (Å²) in [7, 11) is 0. The molecule has 1 unspecified atom stereocenters. The Labute approximate surface area is 188 Å². The average Bonchev–Trinajstić information content (AvgIpc) is 3.19. The van der Waals surface area contributed by atoms with Gasteiger partial charge in [0.1, 0.15) is 0 Å². The van der Waals surface area contributed by atoms with Gasteiger partial charge in [0, 0.05) is 33.8 Å². The maximum Gasteiger partial charge on any atom is 0.0542 e. The van der Waals surface area contributed by atoms with Crippen LogP contribution in [0.3, 0.4) is 0 Å². The molecule has 1 aliphatic carbocycles. The van der Waals surface area contributed by atoms with Crippen LogP contribution in [0.2, 0.25) is 0 Å². The molecule has 0 fully saturated rings. The largest absolute Gasteiger partial charge is 0.356 e. The third-order valence-electron chi connectivity index (χ3n) is 6.30. The second-order valence-electron chi connectivity index (χ2n) is 8.32. The van der Waals surface area contributed by atoms with Gasteiger partial charge < -0.3 is 9.88 Å². The first-order valence-electron chi connectivity index (χ1n) is 11.2. The van der Waals surface area contributed by atoms with Crippen molar-refractivity contribution in [3.63, 3.8) is 0 Å². The van der Waals surface area contributed by atoms with Crippen molar-refractivity contribution < 1.29 is 0 Å². The van der Waals surface area contributed by atoms with Crippen molar-refractivity contribution in [3.8, 4) is 0 Å². The third kappa shape index (κ3) is 3.30. The van der Waals surface area contributed by atoms with Crippen molar-refractivity contribution in [2.75, 3.05) is 5.32 Å². The molecule has 0 aliphatic heterocycles. The second kappa shape index (κ2) is 7.90. The number of allylic oxidation sites excluding steroid dienone is 4. The highest BCUT2D eigenvalue weighted by Crippen LogP contribution is 2.36. The molecule has 1 heterocycles. The molecule has 0 bridgehead atoms. The lowest BCUT2D eigenvalue weighted by molar-refractivity contribution is 0.850. The van der Waals surface area contributed by atoms with Crippen LogP contribution in [0, 0.1) is 0 Å². The van der Waals surface area contributed by atoms with E-state index in [9.17, 15) is 0 Å². The molecule has 0 amide bonds. The predicted octanol–water partition coefficient (Wildman–Crippen LogP) is 8.12. The summed E-state index contributed by atoms with van der Waals surface area (Å²) < 4.78 is 2.40. The van der Waals surface area contributed by atoms with E-state index < -0.39 is 0 Å². The van der Waals surface area contributed by atoms with Gasteiger partial charge in [-0.3, -0.25) is 0 Å². The van der Waals surface area contributed by atoms with Gasteiger partial charge in [0.05, 0.1) is 11.0 Å². The molecule has 6 rings (SSSR count). The molecule has 0 spiro atoms. The molecule has 0 radical (unpaired) electrons. The fourth-order valence-electron chi connectivity index (χ4n) is 4.74. The minimum absolute atomic E-state index is 0.440. The lowest BCUT2D eigenvalue weighted by Gasteiger charge is -2.18. The number of rotatable bonds is 4. The molecular weight excluding hydrogens is 388 g/mol. The molecule has 2 nitrogen and oxygen atoms in total. The number of nitrogens with zero attached hydrogens (tertiary/aromatic N) is 1. The maximum atomic E-state index is 3.54. The number of fused-ring (bicyclic) bond motifs is 3. The van der Waals surface area contributed by atoms with E-state index in [0.717, 1.165) is 17.8 Å². The molecule has 1 N–H and O–H groups in total. The van der Waals surface area contributed by atoms with Crippen LogP contribution in [0.25, 0.3) is 27.5 Å². The molecule has 5 aromatic rings. The summed E-state index contributed by atoms with van der Waals surface area (Å²) in [5, 5.41) is 6.08. The summed E-state index contributed by atoms with van der Waals surface area (Å²) >= 11 is 0. The Kier molecular flexibility index (Phi) is 4.62. The van der Waals surface area contributed by atoms with Crippen LogP contribution in [-0.2, 0) is 0 Å². The van der Waals surface area contributed by atoms with Crippen molar-refractivity contribution in [2.45, 2.75) is 12.3 Å². The van der Waals surface area contributed by atoms with Gasteiger partial charge in [-0.1, -0.05) is 78.9 Å². The number of anilines is 2. The Balaban J connectivity index is 1.42. The molecule has 32 heavy (non-hydrogen) atoms. The normalized spacial score (nSPS) is 15.8. The second-order valence-corrected chi connectivity index (χ2v) is 8.32. The molecule has 1 aliphatic rings. The number of aromatic nitrogens is 1. The van der Waals surface area contributed by atoms with Crippen LogP contribution in [0.1, 0.15) is 17.9 Å². The number of nitrogens with one attached hydrogen (secondary N) is 1. The third-order valence-corrected chi connectivity index (χ3v) is 6.30. The van der Waals surface area contributed by atoms with Crippen molar-refractivity contribution >= 4 is 38.9 Å². The van der Waals surface area contributed by atoms with Crippen LogP contribution >= 0.6 is 0 Å². The Morgan fingerprint density at radius 2 is 1.38 bits per heavy atom. The first-order valence-corrected chi connectivity index (χ1v) is 11.2. The number of para-hydroxylation sites is 2. The van der Waals surface area contributed by atoms with Crippen LogP contribution in [0.15, 0.2) is 121 Å². The first-order chi connectivity index (χ1) is 15.9. The fourth-order valence-corrected chi connectivity index (χ4v) is 4.74. The SMILES string of the molecule is C1=CC(c2ccccc2)CC=C1n1c2ccccc2c2cc(Nc3ccccc3)ccc21. The van der Waals surface area contributed by atoms with Gasteiger partial charge >= 0.3 is 0 Å². The first kappa shape index (κ1) is 18.7. The lowest BCUT2D eigenvalue weighted by Crippen LogP contribution is -2.02. The highest BCUT2D eigenvalue weighted by atomic mass is 15.0. The van der Waals surface area contributed by atoms with Gasteiger partial charge in [0.15, 0.2) is 0 Å². The van der Waals surface area contributed by atoms with Crippen molar-refractivity contribution in [2.24, 2.45) is 0 Å². The van der Waals surface area contributed by atoms with Gasteiger partial charge in [0.2, 0.25) is 0 Å². The summed E-state index contributed by atoms with van der Waals surface area (Å²) in [6.45, 7) is 0. The summed E-state index contributed by atoms with van der Waals surface area (Å²) in [5.74, 6) is 0.440. The molecule has 0 saturated carbocycles. The van der Waals surface area contributed by atoms with Gasteiger partial charge in [-0.15, -0.1) is 0 Å². The van der Waals surface area contributed by atoms with Gasteiger partial charge in [-0.25, -0.2) is 0 Å². The summed E-state index contributed by atoms with van der Waals surface area (Å²) in [5.41, 5.74) is 7.29. The van der Waals surface area contributed by atoms with E-state index >= 15 is 0 Å². The topological polar surface area (TPSA) is 17.0 Å². The number of hydrogen-bond acceptors (Lipinski definition) is 1. The molecule has 4 aromatic carbocycles. The smallest absolute Gasteiger partial charge is 0.0542 e. The highest BCUT2D eigenvalue weighted by molar-refractivity contribution is 6.11. The molecule has 2 heteroatoms. The average molecular weight is 413 g/mol. The lowest BCUT2D eigenvalue weighted by atomic mass is 9.92. The molecule has 1 aromatic heterocycles. The van der Waals surface area contributed by atoms with Gasteiger partial charge in [-0.2, -0.15) is 0 Å². The molecule has 0 saturated heterocycles. The van der Waals surface area contributed by atoms with E-state index in [1.54, 1.807) is 0 Å². The molecule has 1 atom stereocenters. The Hall–Kier alpha value is -4.04. The minimum atomic E-state index is 0.440. The summed E-state index contributed by atoms with van der Waals surface area (Å²) in [6.07, 6.45) is 8.01. The zero-order chi connectivity index (χ0) is 21.3. The quantitative estimate of drug-likeness (QED) is 0.315. The van der Waals surface area contributed by atoms with Crippen LogP contribution in [-0.4, -0.2) is 4.57 Å². The van der Waals surface area contributed by atoms with E-state index in [1.807, 2.05) is 6.07 Å². The Morgan fingerprint density at radius 1 is 0.656 bits per heavy atom. The van der Waals surface area contributed by atoms with E-state index in [2.05, 4.69) is 125 Å². The minimum Gasteiger partial charge on any atom is -0.356 e. The summed E-state index contributed by atoms with van der Waals surface area (Å²) in [4.78, 5) is 0. The van der Waals surface area contributed by atoms with Crippen LogP contribution in [0.4, 0.5) is 11.4 Å². The predicted molar refractivity (Wildman–Crippen MR) is 136 cm³/mol. The van der Waals surface area contributed by atoms with Gasteiger partial charge in [0.25, 0.3) is 0 Å². The monoisotopic (exact) mass is 412 g/mol. The van der Waals surface area contributed by atoms with Crippen molar-refractivity contribution in [1.82, 2.24) is 4.57 Å². The van der Waals surface area contributed by atoms with Gasteiger partial charge in [-0.05, 0) is 54.5 Å². The summed E-state index contributed by atoms with van der Waals surface area (Å²) in [6, 6.07) is 36.4. The van der Waals surface area contributed by atoms with E-state index in [4.69, 9.17) is 0 Å². The zero-order valence-electron chi connectivity index (χ0n) is 17.8. The van der Waals surface area contributed by atoms with Crippen molar-refractivity contribution in [1.29, 1.82) is 0 Å². The maximum absolute atomic E-state index is 3.54. The van der Waals surface area contributed by atoms with E-state index in [1.165, 1.54) is 33.1 Å². The van der Waals surface area contributed by atoms with Crippen molar-refractivity contribution in [3.05, 3.63) is 127 Å². The molecule has 154 valence electrons. The standard InChI is InChI=1S/C30H24N2/c1-3-9-22(10-4-1)23-15-18-26(19-16-23)32-29-14-8-7-13-27(29)28-21-25(17-20-30(28)32)31-24-11-5-2-6-12-24/h1-15,17-21,23,31H,16H2. The Morgan fingerprint density at radius 3 is 2.16 bits per heavy atom. The zero-order valence-corrected chi connectivity index (χ0v) is 17.8.